The van der Waals surface area contributed by atoms with Crippen LogP contribution in [0.1, 0.15) is 66.9 Å². The Morgan fingerprint density at radius 2 is 1.95 bits per heavy atom. The molecule has 11 heteroatoms. The maximum absolute atomic E-state index is 14.1. The third kappa shape index (κ3) is 7.24. The van der Waals surface area contributed by atoms with Gasteiger partial charge in [-0.3, -0.25) is 13.8 Å². The molecule has 0 saturated carbocycles. The second-order valence-corrected chi connectivity index (χ2v) is 12.2. The van der Waals surface area contributed by atoms with E-state index < -0.39 is 27.7 Å². The molecule has 1 aromatic carbocycles. The van der Waals surface area contributed by atoms with E-state index >= 15 is 0 Å². The average molecular weight is 536 g/mol. The number of anilines is 1. The number of aromatic nitrogens is 2. The Morgan fingerprint density at radius 3 is 2.54 bits per heavy atom. The molecule has 0 aliphatic carbocycles. The van der Waals surface area contributed by atoms with E-state index in [1.807, 2.05) is 6.92 Å². The fourth-order valence-corrected chi connectivity index (χ4v) is 5.47. The van der Waals surface area contributed by atoms with Crippen molar-refractivity contribution >= 4 is 27.5 Å². The summed E-state index contributed by atoms with van der Waals surface area (Å²) in [6.45, 7) is 12.8. The molecule has 10 nitrogen and oxygen atoms in total. The predicted molar refractivity (Wildman–Crippen MR) is 139 cm³/mol. The molecular formula is C26H37N3O7S. The van der Waals surface area contributed by atoms with E-state index in [9.17, 15) is 18.0 Å². The number of hydrogen-bond acceptors (Lipinski definition) is 8. The van der Waals surface area contributed by atoms with Gasteiger partial charge in [-0.1, -0.05) is 6.07 Å². The minimum Gasteiger partial charge on any atom is -0.486 e. The highest BCUT2D eigenvalue weighted by Gasteiger charge is 2.38. The standard InChI is InChI=1S/C26H37N3O7S/c1-8-28-16-23(25(27-28)34-17(2)3)37(32,33)29-15-20(11-9-18(4)30)35-22-12-10-19(13-21(22)29)14-24(31)36-26(5,6)7/h10,12-13,16-17,20H,8-9,11,14-15H2,1-7H3/t20-/m0/s1. The largest absolute Gasteiger partial charge is 0.486 e. The molecule has 3 rings (SSSR count). The third-order valence-corrected chi connectivity index (χ3v) is 7.24. The lowest BCUT2D eigenvalue weighted by Crippen LogP contribution is -2.43. The second kappa shape index (κ2) is 11.1. The monoisotopic (exact) mass is 535 g/mol. The van der Waals surface area contributed by atoms with Crippen LogP contribution in [-0.4, -0.2) is 54.3 Å². The van der Waals surface area contributed by atoms with Crippen LogP contribution in [0.25, 0.3) is 0 Å². The summed E-state index contributed by atoms with van der Waals surface area (Å²) in [5.41, 5.74) is 0.252. The van der Waals surface area contributed by atoms with E-state index in [0.717, 1.165) is 0 Å². The Balaban J connectivity index is 2.05. The highest BCUT2D eigenvalue weighted by atomic mass is 32.2. The molecule has 204 valence electrons. The van der Waals surface area contributed by atoms with E-state index in [-0.39, 0.29) is 42.0 Å². The van der Waals surface area contributed by atoms with Gasteiger partial charge in [0.05, 0.1) is 24.8 Å². The number of Topliss-reactive ketones (excluding diaryl/α,β-unsaturated/α-hetero) is 1. The highest BCUT2D eigenvalue weighted by molar-refractivity contribution is 7.93. The van der Waals surface area contributed by atoms with Gasteiger partial charge < -0.3 is 19.0 Å². The molecule has 1 aromatic heterocycles. The fourth-order valence-electron chi connectivity index (χ4n) is 3.90. The Morgan fingerprint density at radius 1 is 1.24 bits per heavy atom. The maximum Gasteiger partial charge on any atom is 0.310 e. The van der Waals surface area contributed by atoms with E-state index in [1.165, 1.54) is 22.1 Å². The minimum atomic E-state index is -4.14. The van der Waals surface area contributed by atoms with Crippen molar-refractivity contribution in [3.05, 3.63) is 30.0 Å². The summed E-state index contributed by atoms with van der Waals surface area (Å²) >= 11 is 0. The van der Waals surface area contributed by atoms with Crippen LogP contribution in [0.3, 0.4) is 0 Å². The topological polar surface area (TPSA) is 117 Å². The Bertz CT molecular complexity index is 1250. The number of nitrogens with zero attached hydrogens (tertiary/aromatic N) is 3. The molecule has 0 N–H and O–H groups in total. The molecule has 37 heavy (non-hydrogen) atoms. The van der Waals surface area contributed by atoms with Crippen molar-refractivity contribution in [1.29, 1.82) is 0 Å². The Kier molecular flexibility index (Phi) is 8.56. The molecule has 0 bridgehead atoms. The molecular weight excluding hydrogens is 498 g/mol. The number of ketones is 1. The van der Waals surface area contributed by atoms with Gasteiger partial charge in [0.2, 0.25) is 0 Å². The molecule has 1 aliphatic heterocycles. The lowest BCUT2D eigenvalue weighted by molar-refractivity contribution is -0.153. The van der Waals surface area contributed by atoms with Crippen molar-refractivity contribution in [2.75, 3.05) is 10.8 Å². The van der Waals surface area contributed by atoms with Crippen LogP contribution in [0.5, 0.6) is 11.6 Å². The number of hydrogen-bond donors (Lipinski definition) is 0. The summed E-state index contributed by atoms with van der Waals surface area (Å²) in [5, 5.41) is 4.31. The number of ether oxygens (including phenoxy) is 3. The number of carbonyl (C=O) groups excluding carboxylic acids is 2. The van der Waals surface area contributed by atoms with Gasteiger partial charge in [-0.15, -0.1) is 5.10 Å². The SMILES string of the molecule is CCn1cc(S(=O)(=O)N2C[C@H](CCC(C)=O)Oc3ccc(CC(=O)OC(C)(C)C)cc32)c(OC(C)C)n1. The molecule has 0 radical (unpaired) electrons. The molecule has 2 heterocycles. The van der Waals surface area contributed by atoms with Crippen molar-refractivity contribution in [3.63, 3.8) is 0 Å². The summed E-state index contributed by atoms with van der Waals surface area (Å²) in [7, 11) is -4.14. The smallest absolute Gasteiger partial charge is 0.310 e. The van der Waals surface area contributed by atoms with E-state index in [0.29, 0.717) is 30.0 Å². The van der Waals surface area contributed by atoms with Crippen LogP contribution in [0.15, 0.2) is 29.3 Å². The highest BCUT2D eigenvalue weighted by Crippen LogP contribution is 2.40. The molecule has 0 saturated heterocycles. The number of esters is 1. The van der Waals surface area contributed by atoms with E-state index in [1.54, 1.807) is 52.8 Å². The lowest BCUT2D eigenvalue weighted by Gasteiger charge is -2.35. The second-order valence-electron chi connectivity index (χ2n) is 10.4. The zero-order valence-electron chi connectivity index (χ0n) is 22.6. The zero-order chi connectivity index (χ0) is 27.5. The van der Waals surface area contributed by atoms with Gasteiger partial charge in [-0.2, -0.15) is 0 Å². The van der Waals surface area contributed by atoms with Crippen molar-refractivity contribution in [3.8, 4) is 11.6 Å². The van der Waals surface area contributed by atoms with Crippen molar-refractivity contribution in [1.82, 2.24) is 9.78 Å². The van der Waals surface area contributed by atoms with E-state index in [2.05, 4.69) is 5.10 Å². The van der Waals surface area contributed by atoms with Crippen molar-refractivity contribution in [2.24, 2.45) is 0 Å². The zero-order valence-corrected chi connectivity index (χ0v) is 23.4. The van der Waals surface area contributed by atoms with Gasteiger partial charge in [0.25, 0.3) is 15.9 Å². The van der Waals surface area contributed by atoms with Gasteiger partial charge in [-0.05, 0) is 72.6 Å². The first-order valence-electron chi connectivity index (χ1n) is 12.5. The van der Waals surface area contributed by atoms with E-state index in [4.69, 9.17) is 14.2 Å². The van der Waals surface area contributed by atoms with Gasteiger partial charge in [0.15, 0.2) is 4.90 Å². The summed E-state index contributed by atoms with van der Waals surface area (Å²) in [5.74, 6) is -0.0521. The number of fused-ring (bicyclic) bond motifs is 1. The normalized spacial score (nSPS) is 15.8. The maximum atomic E-state index is 14.1. The number of carbonyl (C=O) groups is 2. The first-order chi connectivity index (χ1) is 17.2. The van der Waals surface area contributed by atoms with Gasteiger partial charge in [0, 0.05) is 19.2 Å². The third-order valence-electron chi connectivity index (χ3n) is 5.48. The van der Waals surface area contributed by atoms with Crippen LogP contribution in [0.4, 0.5) is 5.69 Å². The molecule has 0 unspecified atom stereocenters. The summed E-state index contributed by atoms with van der Waals surface area (Å²) in [6.07, 6.45) is 1.25. The van der Waals surface area contributed by atoms with Crippen LogP contribution >= 0.6 is 0 Å². The molecule has 0 fully saturated rings. The molecule has 2 aromatic rings. The fraction of sp³-hybridized carbons (Fsp3) is 0.577. The van der Waals surface area contributed by atoms with Crippen LogP contribution in [-0.2, 0) is 37.3 Å². The summed E-state index contributed by atoms with van der Waals surface area (Å²) in [4.78, 5) is 24.0. The average Bonchev–Trinajstić information content (AvgIpc) is 3.18. The quantitative estimate of drug-likeness (QED) is 0.421. The minimum absolute atomic E-state index is 0.00305. The summed E-state index contributed by atoms with van der Waals surface area (Å²) in [6, 6.07) is 4.99. The number of benzene rings is 1. The summed E-state index contributed by atoms with van der Waals surface area (Å²) < 4.78 is 48.2. The van der Waals surface area contributed by atoms with Gasteiger partial charge in [-0.25, -0.2) is 8.42 Å². The first-order valence-corrected chi connectivity index (χ1v) is 13.9. The van der Waals surface area contributed by atoms with Crippen molar-refractivity contribution in [2.45, 2.75) is 97.0 Å². The molecule has 1 aliphatic rings. The predicted octanol–water partition coefficient (Wildman–Crippen LogP) is 3.90. The lowest BCUT2D eigenvalue weighted by atomic mass is 10.1. The van der Waals surface area contributed by atoms with Crippen LogP contribution in [0, 0.1) is 0 Å². The van der Waals surface area contributed by atoms with Crippen LogP contribution in [0.2, 0.25) is 0 Å². The van der Waals surface area contributed by atoms with Crippen molar-refractivity contribution < 1.29 is 32.2 Å². The number of rotatable bonds is 10. The first kappa shape index (κ1) is 28.5. The van der Waals surface area contributed by atoms with Gasteiger partial charge in [0.1, 0.15) is 23.2 Å². The number of aryl methyl sites for hydroxylation is 1. The Hall–Kier alpha value is -3.08. The molecule has 0 spiro atoms. The van der Waals surface area contributed by atoms with Crippen LogP contribution < -0.4 is 13.8 Å². The molecule has 0 amide bonds. The Labute approximate surface area is 218 Å². The number of sulfonamides is 1. The van der Waals surface area contributed by atoms with Gasteiger partial charge >= 0.3 is 5.97 Å². The molecule has 1 atom stereocenters.